The largest absolute Gasteiger partial charge is 0.523 e. The van der Waals surface area contributed by atoms with Crippen molar-refractivity contribution >= 4 is 10.1 Å². The topological polar surface area (TPSA) is 43.4 Å². The van der Waals surface area contributed by atoms with Crippen molar-refractivity contribution in [2.45, 2.75) is 56.6 Å². The number of alkyl halides is 3. The molecular weight excluding hydrogens is 281 g/mol. The summed E-state index contributed by atoms with van der Waals surface area (Å²) in [6.07, 6.45) is 4.32. The van der Waals surface area contributed by atoms with Gasteiger partial charge in [-0.3, -0.25) is 4.18 Å². The SMILES string of the molecule is CC12CC3CC(C1)CC(OS(=O)(=O)C(F)(F)F)(C3)C2. The van der Waals surface area contributed by atoms with Crippen LogP contribution in [-0.4, -0.2) is 19.5 Å². The molecular formula is C12H17F3O3S. The van der Waals surface area contributed by atoms with E-state index in [4.69, 9.17) is 4.18 Å². The summed E-state index contributed by atoms with van der Waals surface area (Å²) in [6, 6.07) is 0. The second kappa shape index (κ2) is 3.67. The normalized spacial score (nSPS) is 45.7. The maximum absolute atomic E-state index is 12.5. The van der Waals surface area contributed by atoms with E-state index in [1.165, 1.54) is 0 Å². The third-order valence-corrected chi connectivity index (χ3v) is 6.01. The minimum absolute atomic E-state index is 0.0504. The Hall–Kier alpha value is -0.300. The van der Waals surface area contributed by atoms with Gasteiger partial charge in [-0.2, -0.15) is 21.6 Å². The van der Waals surface area contributed by atoms with E-state index in [9.17, 15) is 21.6 Å². The van der Waals surface area contributed by atoms with E-state index in [0.717, 1.165) is 19.3 Å². The van der Waals surface area contributed by atoms with Crippen LogP contribution in [0.2, 0.25) is 0 Å². The second-order valence-corrected chi connectivity index (χ2v) is 8.48. The third kappa shape index (κ3) is 2.18. The minimum atomic E-state index is -5.49. The lowest BCUT2D eigenvalue weighted by atomic mass is 9.48. The van der Waals surface area contributed by atoms with Crippen molar-refractivity contribution in [1.29, 1.82) is 0 Å². The average molecular weight is 298 g/mol. The zero-order chi connectivity index (χ0) is 14.1. The summed E-state index contributed by atoms with van der Waals surface area (Å²) in [4.78, 5) is 0. The van der Waals surface area contributed by atoms with Crippen LogP contribution >= 0.6 is 0 Å². The second-order valence-electron chi connectivity index (χ2n) is 6.94. The van der Waals surface area contributed by atoms with Gasteiger partial charge in [0.25, 0.3) is 0 Å². The Bertz CT molecular complexity index is 483. The molecule has 0 spiro atoms. The minimum Gasteiger partial charge on any atom is -0.256 e. The predicted octanol–water partition coefficient (Wildman–Crippen LogP) is 3.21. The molecule has 4 fully saturated rings. The molecule has 3 nitrogen and oxygen atoms in total. The number of rotatable bonds is 2. The molecule has 0 amide bonds. The van der Waals surface area contributed by atoms with E-state index in [0.29, 0.717) is 31.1 Å². The van der Waals surface area contributed by atoms with Gasteiger partial charge in [0.05, 0.1) is 5.60 Å². The van der Waals surface area contributed by atoms with Gasteiger partial charge in [0, 0.05) is 0 Å². The molecule has 7 heteroatoms. The van der Waals surface area contributed by atoms with Crippen LogP contribution < -0.4 is 0 Å². The molecule has 0 aromatic heterocycles. The van der Waals surface area contributed by atoms with Crippen LogP contribution in [-0.2, 0) is 14.3 Å². The maximum Gasteiger partial charge on any atom is 0.523 e. The van der Waals surface area contributed by atoms with Crippen LogP contribution in [0.3, 0.4) is 0 Å². The van der Waals surface area contributed by atoms with Gasteiger partial charge in [-0.1, -0.05) is 6.92 Å². The monoisotopic (exact) mass is 298 g/mol. The van der Waals surface area contributed by atoms with Crippen molar-refractivity contribution in [2.75, 3.05) is 0 Å². The first kappa shape index (κ1) is 13.7. The van der Waals surface area contributed by atoms with E-state index in [1.807, 2.05) is 6.92 Å². The van der Waals surface area contributed by atoms with Gasteiger partial charge in [0.1, 0.15) is 0 Å². The fourth-order valence-corrected chi connectivity index (χ4v) is 5.76. The smallest absolute Gasteiger partial charge is 0.256 e. The first-order valence-corrected chi connectivity index (χ1v) is 7.95. The zero-order valence-electron chi connectivity index (χ0n) is 10.7. The summed E-state index contributed by atoms with van der Waals surface area (Å²) in [7, 11) is -5.49. The Morgan fingerprint density at radius 3 is 2.05 bits per heavy atom. The van der Waals surface area contributed by atoms with Crippen molar-refractivity contribution in [3.8, 4) is 0 Å². The average Bonchev–Trinajstić information content (AvgIpc) is 2.07. The van der Waals surface area contributed by atoms with Crippen LogP contribution in [0.5, 0.6) is 0 Å². The highest BCUT2D eigenvalue weighted by Crippen LogP contribution is 2.63. The van der Waals surface area contributed by atoms with Crippen molar-refractivity contribution in [1.82, 2.24) is 0 Å². The molecule has 0 aliphatic heterocycles. The Kier molecular flexibility index (Phi) is 2.64. The molecule has 0 radical (unpaired) electrons. The van der Waals surface area contributed by atoms with Gasteiger partial charge in [-0.05, 0) is 55.8 Å². The standard InChI is InChI=1S/C12H17F3O3S/c1-10-3-8-2-9(4-10)6-11(5-8,7-10)18-19(16,17)12(13,14)15/h8-9H,2-7H2,1H3. The first-order chi connectivity index (χ1) is 8.53. The molecule has 110 valence electrons. The molecule has 0 saturated heterocycles. The van der Waals surface area contributed by atoms with Crippen LogP contribution in [0.4, 0.5) is 13.2 Å². The predicted molar refractivity (Wildman–Crippen MR) is 61.6 cm³/mol. The molecule has 0 aromatic carbocycles. The molecule has 19 heavy (non-hydrogen) atoms. The van der Waals surface area contributed by atoms with Crippen molar-refractivity contribution < 1.29 is 25.8 Å². The number of halogens is 3. The lowest BCUT2D eigenvalue weighted by Gasteiger charge is -2.60. The Labute approximate surface area is 110 Å². The van der Waals surface area contributed by atoms with Crippen molar-refractivity contribution in [3.05, 3.63) is 0 Å². The molecule has 2 unspecified atom stereocenters. The highest BCUT2D eigenvalue weighted by Gasteiger charge is 2.61. The molecule has 4 aliphatic carbocycles. The molecule has 0 aromatic rings. The van der Waals surface area contributed by atoms with E-state index in [2.05, 4.69) is 0 Å². The van der Waals surface area contributed by atoms with Gasteiger partial charge >= 0.3 is 15.6 Å². The molecule has 4 rings (SSSR count). The van der Waals surface area contributed by atoms with Gasteiger partial charge in [-0.25, -0.2) is 0 Å². The van der Waals surface area contributed by atoms with Crippen LogP contribution in [0, 0.1) is 17.3 Å². The van der Waals surface area contributed by atoms with Gasteiger partial charge in [0.15, 0.2) is 0 Å². The molecule has 0 heterocycles. The van der Waals surface area contributed by atoms with Gasteiger partial charge in [0.2, 0.25) is 0 Å². The number of hydrogen-bond acceptors (Lipinski definition) is 3. The highest BCUT2D eigenvalue weighted by atomic mass is 32.2. The van der Waals surface area contributed by atoms with Crippen LogP contribution in [0.1, 0.15) is 45.4 Å². The Balaban J connectivity index is 1.89. The molecule has 2 atom stereocenters. The quantitative estimate of drug-likeness (QED) is 0.581. The molecule has 4 aliphatic rings. The number of hydrogen-bond donors (Lipinski definition) is 0. The van der Waals surface area contributed by atoms with Crippen molar-refractivity contribution in [2.24, 2.45) is 17.3 Å². The Morgan fingerprint density at radius 2 is 1.63 bits per heavy atom. The lowest BCUT2D eigenvalue weighted by Crippen LogP contribution is -2.57. The summed E-state index contributed by atoms with van der Waals surface area (Å²) in [5, 5.41) is 0. The molecule has 0 N–H and O–H groups in total. The van der Waals surface area contributed by atoms with E-state index < -0.39 is 21.2 Å². The van der Waals surface area contributed by atoms with E-state index in [-0.39, 0.29) is 5.41 Å². The maximum atomic E-state index is 12.5. The fourth-order valence-electron chi connectivity index (χ4n) is 5.01. The summed E-state index contributed by atoms with van der Waals surface area (Å²) < 4.78 is 64.8. The van der Waals surface area contributed by atoms with Crippen molar-refractivity contribution in [3.63, 3.8) is 0 Å². The zero-order valence-corrected chi connectivity index (χ0v) is 11.5. The fraction of sp³-hybridized carbons (Fsp3) is 1.00. The summed E-state index contributed by atoms with van der Waals surface area (Å²) in [5.74, 6) is 0.629. The van der Waals surface area contributed by atoms with Crippen LogP contribution in [0.25, 0.3) is 0 Å². The van der Waals surface area contributed by atoms with Gasteiger partial charge < -0.3 is 0 Å². The highest BCUT2D eigenvalue weighted by molar-refractivity contribution is 7.87. The van der Waals surface area contributed by atoms with E-state index >= 15 is 0 Å². The first-order valence-electron chi connectivity index (χ1n) is 6.55. The Morgan fingerprint density at radius 1 is 1.11 bits per heavy atom. The van der Waals surface area contributed by atoms with Gasteiger partial charge in [-0.15, -0.1) is 0 Å². The molecule has 4 saturated carbocycles. The van der Waals surface area contributed by atoms with E-state index in [1.54, 1.807) is 0 Å². The van der Waals surface area contributed by atoms with Crippen LogP contribution in [0.15, 0.2) is 0 Å². The summed E-state index contributed by atoms with van der Waals surface area (Å²) >= 11 is 0. The third-order valence-electron chi connectivity index (χ3n) is 4.87. The molecule has 4 bridgehead atoms. The lowest BCUT2D eigenvalue weighted by molar-refractivity contribution is -0.150. The summed E-state index contributed by atoms with van der Waals surface area (Å²) in [6.45, 7) is 2.04. The summed E-state index contributed by atoms with van der Waals surface area (Å²) in [5.41, 5.74) is -6.48.